The quantitative estimate of drug-likeness (QED) is 0.837. The predicted molar refractivity (Wildman–Crippen MR) is 76.1 cm³/mol. The van der Waals surface area contributed by atoms with Crippen LogP contribution >= 0.6 is 0 Å². The molecule has 21 heavy (non-hydrogen) atoms. The summed E-state index contributed by atoms with van der Waals surface area (Å²) in [6.07, 6.45) is 2.86. The van der Waals surface area contributed by atoms with Gasteiger partial charge in [-0.2, -0.15) is 0 Å². The van der Waals surface area contributed by atoms with E-state index >= 15 is 0 Å². The zero-order valence-corrected chi connectivity index (χ0v) is 12.1. The number of carbonyl (C=O) groups excluding carboxylic acids is 2. The monoisotopic (exact) mass is 290 g/mol. The van der Waals surface area contributed by atoms with E-state index in [4.69, 9.17) is 0 Å². The minimum Gasteiger partial charge on any atom is -0.305 e. The molecule has 1 aliphatic carbocycles. The highest BCUT2D eigenvalue weighted by atomic mass is 19.1. The maximum absolute atomic E-state index is 13.0. The third kappa shape index (κ3) is 2.97. The Bertz CT molecular complexity index is 584. The van der Waals surface area contributed by atoms with Gasteiger partial charge in [0.1, 0.15) is 5.82 Å². The average molecular weight is 290 g/mol. The van der Waals surface area contributed by atoms with Crippen molar-refractivity contribution in [2.75, 3.05) is 6.54 Å². The zero-order valence-electron chi connectivity index (χ0n) is 12.1. The summed E-state index contributed by atoms with van der Waals surface area (Å²) in [5, 5.41) is 3.16. The molecule has 1 unspecified atom stereocenters. The summed E-state index contributed by atoms with van der Waals surface area (Å²) in [6, 6.07) is 4.48. The molecule has 2 fully saturated rings. The van der Waals surface area contributed by atoms with Gasteiger partial charge < -0.3 is 5.32 Å². The number of imide groups is 1. The first-order valence-corrected chi connectivity index (χ1v) is 7.40. The highest BCUT2D eigenvalue weighted by molar-refractivity contribution is 6.06. The number of amides is 2. The van der Waals surface area contributed by atoms with E-state index in [0.29, 0.717) is 13.0 Å². The fourth-order valence-electron chi connectivity index (χ4n) is 2.85. The minimum absolute atomic E-state index is 0.0574. The van der Waals surface area contributed by atoms with Crippen LogP contribution in [-0.4, -0.2) is 35.3 Å². The third-order valence-corrected chi connectivity index (χ3v) is 4.18. The number of halogens is 1. The van der Waals surface area contributed by atoms with Crippen molar-refractivity contribution in [3.63, 3.8) is 0 Å². The molecule has 2 aliphatic rings. The number of benzene rings is 1. The zero-order chi connectivity index (χ0) is 15.0. The van der Waals surface area contributed by atoms with Gasteiger partial charge >= 0.3 is 0 Å². The molecule has 0 radical (unpaired) electrons. The smallest absolute Gasteiger partial charge is 0.247 e. The van der Waals surface area contributed by atoms with Crippen LogP contribution in [0, 0.1) is 12.7 Å². The van der Waals surface area contributed by atoms with Crippen LogP contribution in [0.5, 0.6) is 0 Å². The molecule has 1 heterocycles. The van der Waals surface area contributed by atoms with E-state index in [0.717, 1.165) is 24.0 Å². The van der Waals surface area contributed by atoms with E-state index < -0.39 is 0 Å². The minimum atomic E-state index is -0.390. The highest BCUT2D eigenvalue weighted by Crippen LogP contribution is 2.31. The number of hydrogen-bond acceptors (Lipinski definition) is 3. The Hall–Kier alpha value is -1.75. The van der Waals surface area contributed by atoms with Gasteiger partial charge in [0.2, 0.25) is 11.8 Å². The van der Waals surface area contributed by atoms with Crippen LogP contribution in [0.25, 0.3) is 0 Å². The van der Waals surface area contributed by atoms with Crippen LogP contribution in [0.2, 0.25) is 0 Å². The summed E-state index contributed by atoms with van der Waals surface area (Å²) in [7, 11) is 0. The summed E-state index contributed by atoms with van der Waals surface area (Å²) in [6.45, 7) is 2.48. The van der Waals surface area contributed by atoms with Gasteiger partial charge in [-0.05, 0) is 56.0 Å². The van der Waals surface area contributed by atoms with Crippen molar-refractivity contribution in [1.29, 1.82) is 0 Å². The van der Waals surface area contributed by atoms with Crippen LogP contribution in [0.1, 0.15) is 30.4 Å². The fraction of sp³-hybridized carbons (Fsp3) is 0.500. The molecule has 1 aromatic rings. The molecule has 1 N–H and O–H groups in total. The van der Waals surface area contributed by atoms with Crippen molar-refractivity contribution >= 4 is 11.8 Å². The molecule has 1 aliphatic heterocycles. The van der Waals surface area contributed by atoms with E-state index in [1.165, 1.54) is 17.0 Å². The summed E-state index contributed by atoms with van der Waals surface area (Å²) in [5.74, 6) is -0.378. The SMILES string of the molecule is Cc1cc(F)ccc1CCNC1CC(=O)N(C2CC2)C1=O. The molecule has 1 aromatic carbocycles. The molecule has 112 valence electrons. The van der Waals surface area contributed by atoms with Crippen molar-refractivity contribution in [2.45, 2.75) is 44.7 Å². The first-order valence-electron chi connectivity index (χ1n) is 7.40. The lowest BCUT2D eigenvalue weighted by molar-refractivity contribution is -0.139. The molecule has 5 heteroatoms. The van der Waals surface area contributed by atoms with E-state index in [-0.39, 0.29) is 36.1 Å². The third-order valence-electron chi connectivity index (χ3n) is 4.18. The Morgan fingerprint density at radius 3 is 2.76 bits per heavy atom. The number of hydrogen-bond donors (Lipinski definition) is 1. The number of nitrogens with one attached hydrogen (secondary N) is 1. The van der Waals surface area contributed by atoms with E-state index in [9.17, 15) is 14.0 Å². The van der Waals surface area contributed by atoms with Gasteiger partial charge in [0.25, 0.3) is 0 Å². The predicted octanol–water partition coefficient (Wildman–Crippen LogP) is 1.56. The van der Waals surface area contributed by atoms with Crippen LogP contribution < -0.4 is 5.32 Å². The highest BCUT2D eigenvalue weighted by Gasteiger charge is 2.45. The molecule has 1 atom stereocenters. The van der Waals surface area contributed by atoms with Crippen LogP contribution in [0.3, 0.4) is 0 Å². The Labute approximate surface area is 123 Å². The Kier molecular flexibility index (Phi) is 3.76. The maximum atomic E-state index is 13.0. The van der Waals surface area contributed by atoms with E-state index in [2.05, 4.69) is 5.32 Å². The van der Waals surface area contributed by atoms with E-state index in [1.54, 1.807) is 6.07 Å². The molecule has 0 aromatic heterocycles. The summed E-state index contributed by atoms with van der Waals surface area (Å²) in [4.78, 5) is 25.4. The van der Waals surface area contributed by atoms with Crippen molar-refractivity contribution in [3.8, 4) is 0 Å². The van der Waals surface area contributed by atoms with Crippen LogP contribution in [0.15, 0.2) is 18.2 Å². The number of nitrogens with zero attached hydrogens (tertiary/aromatic N) is 1. The average Bonchev–Trinajstić information content (AvgIpc) is 3.20. The standard InChI is InChI=1S/C16H19FN2O2/c1-10-8-12(17)3-2-11(10)6-7-18-14-9-15(20)19(16(14)21)13-4-5-13/h2-3,8,13-14,18H,4-7,9H2,1H3. The first kappa shape index (κ1) is 14.2. The molecule has 1 saturated carbocycles. The van der Waals surface area contributed by atoms with Gasteiger partial charge in [-0.1, -0.05) is 6.07 Å². The summed E-state index contributed by atoms with van der Waals surface area (Å²) >= 11 is 0. The van der Waals surface area contributed by atoms with Crippen molar-refractivity contribution in [2.24, 2.45) is 0 Å². The van der Waals surface area contributed by atoms with Crippen molar-refractivity contribution in [1.82, 2.24) is 10.2 Å². The Balaban J connectivity index is 1.53. The summed E-state index contributed by atoms with van der Waals surface area (Å²) in [5.41, 5.74) is 1.96. The van der Waals surface area contributed by atoms with Crippen LogP contribution in [0.4, 0.5) is 4.39 Å². The van der Waals surface area contributed by atoms with Gasteiger partial charge in [-0.15, -0.1) is 0 Å². The van der Waals surface area contributed by atoms with Crippen molar-refractivity contribution in [3.05, 3.63) is 35.1 Å². The number of carbonyl (C=O) groups is 2. The van der Waals surface area contributed by atoms with Gasteiger partial charge in [0, 0.05) is 6.04 Å². The summed E-state index contributed by atoms with van der Waals surface area (Å²) < 4.78 is 13.0. The molecular formula is C16H19FN2O2. The second-order valence-electron chi connectivity index (χ2n) is 5.86. The fourth-order valence-corrected chi connectivity index (χ4v) is 2.85. The number of rotatable bonds is 5. The molecule has 0 spiro atoms. The molecule has 4 nitrogen and oxygen atoms in total. The number of likely N-dealkylation sites (tertiary alicyclic amines) is 1. The molecule has 2 amide bonds. The lowest BCUT2D eigenvalue weighted by Crippen LogP contribution is -2.40. The van der Waals surface area contributed by atoms with Gasteiger partial charge in [0.15, 0.2) is 0 Å². The normalized spacial score (nSPS) is 22.2. The van der Waals surface area contributed by atoms with Gasteiger partial charge in [0.05, 0.1) is 12.5 Å². The molecular weight excluding hydrogens is 271 g/mol. The lowest BCUT2D eigenvalue weighted by Gasteiger charge is -2.14. The van der Waals surface area contributed by atoms with E-state index in [1.807, 2.05) is 6.92 Å². The molecule has 0 bridgehead atoms. The molecule has 1 saturated heterocycles. The number of aryl methyl sites for hydroxylation is 1. The van der Waals surface area contributed by atoms with Gasteiger partial charge in [-0.25, -0.2) is 4.39 Å². The second kappa shape index (κ2) is 5.56. The lowest BCUT2D eigenvalue weighted by atomic mass is 10.1. The Morgan fingerprint density at radius 2 is 2.10 bits per heavy atom. The van der Waals surface area contributed by atoms with Crippen LogP contribution in [-0.2, 0) is 16.0 Å². The topological polar surface area (TPSA) is 49.4 Å². The Morgan fingerprint density at radius 1 is 1.33 bits per heavy atom. The van der Waals surface area contributed by atoms with Gasteiger partial charge in [-0.3, -0.25) is 14.5 Å². The second-order valence-corrected chi connectivity index (χ2v) is 5.86. The first-order chi connectivity index (χ1) is 10.1. The molecule has 3 rings (SSSR count). The largest absolute Gasteiger partial charge is 0.305 e. The van der Waals surface area contributed by atoms with Crippen molar-refractivity contribution < 1.29 is 14.0 Å². The maximum Gasteiger partial charge on any atom is 0.247 e.